The lowest BCUT2D eigenvalue weighted by molar-refractivity contribution is -0.0450. The normalized spacial score (nSPS) is 17.7. The van der Waals surface area contributed by atoms with E-state index in [1.807, 2.05) is 20.8 Å². The second-order valence-electron chi connectivity index (χ2n) is 6.96. The van der Waals surface area contributed by atoms with E-state index in [2.05, 4.69) is 17.4 Å². The highest BCUT2D eigenvalue weighted by Gasteiger charge is 2.36. The van der Waals surface area contributed by atoms with Crippen molar-refractivity contribution in [2.45, 2.75) is 58.1 Å². The molecule has 0 fully saturated rings. The van der Waals surface area contributed by atoms with Gasteiger partial charge in [0.25, 0.3) is 0 Å². The molecular formula is C14H32N2O5S3. The Kier molecular flexibility index (Phi) is 9.23. The molecule has 0 rings (SSSR count). The number of thiol groups is 1. The molecule has 1 N–H and O–H groups in total. The summed E-state index contributed by atoms with van der Waals surface area (Å²) in [4.78, 5) is 0. The lowest BCUT2D eigenvalue weighted by Gasteiger charge is -2.39. The highest BCUT2D eigenvalue weighted by atomic mass is 32.2. The Morgan fingerprint density at radius 2 is 1.71 bits per heavy atom. The van der Waals surface area contributed by atoms with Gasteiger partial charge in [-0.3, -0.25) is 0 Å². The van der Waals surface area contributed by atoms with Crippen molar-refractivity contribution in [3.63, 3.8) is 0 Å². The fourth-order valence-electron chi connectivity index (χ4n) is 2.42. The van der Waals surface area contributed by atoms with Gasteiger partial charge in [0.05, 0.1) is 24.1 Å². The number of hydrogen-bond donors (Lipinski definition) is 2. The molecule has 0 bridgehead atoms. The van der Waals surface area contributed by atoms with E-state index < -0.39 is 31.6 Å². The summed E-state index contributed by atoms with van der Waals surface area (Å²) in [6, 6.07) is -0.250. The van der Waals surface area contributed by atoms with Gasteiger partial charge in [0.2, 0.25) is 20.0 Å². The van der Waals surface area contributed by atoms with Crippen LogP contribution in [0.25, 0.3) is 0 Å². The number of hydrogen-bond acceptors (Lipinski definition) is 6. The average molecular weight is 405 g/mol. The third-order valence-electron chi connectivity index (χ3n) is 3.87. The Balaban J connectivity index is 5.33. The summed E-state index contributed by atoms with van der Waals surface area (Å²) in [7, 11) is -5.16. The second kappa shape index (κ2) is 9.18. The molecule has 146 valence electrons. The van der Waals surface area contributed by atoms with Crippen LogP contribution in [-0.4, -0.2) is 64.8 Å². The molecule has 0 aliphatic heterocycles. The van der Waals surface area contributed by atoms with Crippen LogP contribution >= 0.6 is 12.6 Å². The van der Waals surface area contributed by atoms with Gasteiger partial charge in [-0.2, -0.15) is 0 Å². The molecular weight excluding hydrogens is 372 g/mol. The van der Waals surface area contributed by atoms with Crippen LogP contribution in [0.3, 0.4) is 0 Å². The van der Waals surface area contributed by atoms with E-state index >= 15 is 0 Å². The first-order valence-corrected chi connectivity index (χ1v) is 12.1. The standard InChI is InChI=1S/C14H32N2O5S3/c1-8-12(15-23(6,17)18)9-14(3,4)13(21-11(2)22)10-16(5)24(7,19)20/h11-13,15,22H,8-10H2,1-7H3. The van der Waals surface area contributed by atoms with Crippen LogP contribution in [0, 0.1) is 5.41 Å². The Morgan fingerprint density at radius 3 is 2.04 bits per heavy atom. The van der Waals surface area contributed by atoms with Crippen LogP contribution in [0.4, 0.5) is 0 Å². The Bertz CT molecular complexity index is 588. The van der Waals surface area contributed by atoms with Crippen LogP contribution in [-0.2, 0) is 24.8 Å². The summed E-state index contributed by atoms with van der Waals surface area (Å²) >= 11 is 4.24. The SMILES string of the molecule is CCC(CC(C)(C)C(CN(C)S(C)(=O)=O)OC(C)S)NS(C)(=O)=O. The van der Waals surface area contributed by atoms with Crippen molar-refractivity contribution in [2.24, 2.45) is 5.41 Å². The van der Waals surface area contributed by atoms with E-state index in [4.69, 9.17) is 4.74 Å². The fourth-order valence-corrected chi connectivity index (χ4v) is 3.83. The van der Waals surface area contributed by atoms with Crippen molar-refractivity contribution in [1.82, 2.24) is 9.03 Å². The zero-order valence-electron chi connectivity index (χ0n) is 15.6. The smallest absolute Gasteiger partial charge is 0.211 e. The van der Waals surface area contributed by atoms with Crippen molar-refractivity contribution in [1.29, 1.82) is 0 Å². The first-order valence-electron chi connectivity index (χ1n) is 7.80. The summed E-state index contributed by atoms with van der Waals surface area (Å²) in [5.74, 6) is 0. The predicted molar refractivity (Wildman–Crippen MR) is 101 cm³/mol. The first-order chi connectivity index (χ1) is 10.6. The van der Waals surface area contributed by atoms with E-state index in [-0.39, 0.29) is 18.0 Å². The molecule has 0 saturated heterocycles. The zero-order chi connectivity index (χ0) is 19.3. The number of ether oxygens (including phenoxy) is 1. The molecule has 0 aliphatic carbocycles. The molecule has 0 aliphatic rings. The third-order valence-corrected chi connectivity index (χ3v) is 6.03. The molecule has 0 radical (unpaired) electrons. The van der Waals surface area contributed by atoms with Crippen LogP contribution in [0.5, 0.6) is 0 Å². The molecule has 0 spiro atoms. The van der Waals surface area contributed by atoms with Crippen molar-refractivity contribution < 1.29 is 21.6 Å². The molecule has 0 aromatic carbocycles. The second-order valence-corrected chi connectivity index (χ2v) is 11.6. The predicted octanol–water partition coefficient (Wildman–Crippen LogP) is 1.28. The number of sulfonamides is 2. The quantitative estimate of drug-likeness (QED) is 0.400. The van der Waals surface area contributed by atoms with Crippen LogP contribution in [0.15, 0.2) is 0 Å². The van der Waals surface area contributed by atoms with Gasteiger partial charge in [-0.05, 0) is 25.2 Å². The lowest BCUT2D eigenvalue weighted by Crippen LogP contribution is -2.47. The lowest BCUT2D eigenvalue weighted by atomic mass is 9.79. The minimum absolute atomic E-state index is 0.173. The molecule has 0 aromatic rings. The van der Waals surface area contributed by atoms with Crippen molar-refractivity contribution in [3.05, 3.63) is 0 Å². The first kappa shape index (κ1) is 24.1. The zero-order valence-corrected chi connectivity index (χ0v) is 18.1. The highest BCUT2D eigenvalue weighted by Crippen LogP contribution is 2.32. The average Bonchev–Trinajstić information content (AvgIpc) is 2.33. The minimum atomic E-state index is -3.34. The molecule has 0 aromatic heterocycles. The van der Waals surface area contributed by atoms with E-state index in [0.29, 0.717) is 12.8 Å². The van der Waals surface area contributed by atoms with Gasteiger partial charge in [0.1, 0.15) is 0 Å². The maximum absolute atomic E-state index is 11.7. The van der Waals surface area contributed by atoms with Gasteiger partial charge in [-0.1, -0.05) is 20.8 Å². The largest absolute Gasteiger partial charge is 0.363 e. The Hall–Kier alpha value is 0.130. The number of likely N-dealkylation sites (N-methyl/N-ethyl adjacent to an activating group) is 1. The number of nitrogens with one attached hydrogen (secondary N) is 1. The molecule has 0 saturated carbocycles. The number of rotatable bonds is 11. The van der Waals surface area contributed by atoms with Crippen LogP contribution in [0.2, 0.25) is 0 Å². The van der Waals surface area contributed by atoms with Crippen LogP contribution in [0.1, 0.15) is 40.5 Å². The topological polar surface area (TPSA) is 92.8 Å². The van der Waals surface area contributed by atoms with E-state index in [1.54, 1.807) is 6.92 Å². The van der Waals surface area contributed by atoms with Gasteiger partial charge in [-0.15, -0.1) is 12.6 Å². The molecule has 10 heteroatoms. The number of nitrogens with zero attached hydrogens (tertiary/aromatic N) is 1. The summed E-state index contributed by atoms with van der Waals surface area (Å²) in [5.41, 5.74) is -0.834. The molecule has 0 amide bonds. The van der Waals surface area contributed by atoms with Gasteiger partial charge in [0.15, 0.2) is 0 Å². The summed E-state index contributed by atoms with van der Waals surface area (Å²) in [5, 5.41) is 0. The fraction of sp³-hybridized carbons (Fsp3) is 1.00. The Morgan fingerprint density at radius 1 is 1.21 bits per heavy atom. The maximum Gasteiger partial charge on any atom is 0.211 e. The van der Waals surface area contributed by atoms with Gasteiger partial charge < -0.3 is 4.74 Å². The minimum Gasteiger partial charge on any atom is -0.363 e. The summed E-state index contributed by atoms with van der Waals surface area (Å²) in [6.07, 6.45) is 2.98. The molecule has 3 unspecified atom stereocenters. The third kappa shape index (κ3) is 9.57. The van der Waals surface area contributed by atoms with E-state index in [1.165, 1.54) is 11.4 Å². The van der Waals surface area contributed by atoms with Gasteiger partial charge in [0, 0.05) is 19.6 Å². The van der Waals surface area contributed by atoms with Crippen LogP contribution < -0.4 is 4.72 Å². The highest BCUT2D eigenvalue weighted by molar-refractivity contribution is 7.88. The van der Waals surface area contributed by atoms with E-state index in [9.17, 15) is 16.8 Å². The monoisotopic (exact) mass is 404 g/mol. The van der Waals surface area contributed by atoms with Crippen molar-refractivity contribution in [2.75, 3.05) is 26.1 Å². The summed E-state index contributed by atoms with van der Waals surface area (Å²) < 4.78 is 56.1. The van der Waals surface area contributed by atoms with Gasteiger partial charge in [-0.25, -0.2) is 25.9 Å². The molecule has 3 atom stereocenters. The Labute approximate surface area is 153 Å². The molecule has 7 nitrogen and oxygen atoms in total. The molecule has 0 heterocycles. The van der Waals surface area contributed by atoms with Crippen molar-refractivity contribution >= 4 is 32.7 Å². The van der Waals surface area contributed by atoms with E-state index in [0.717, 1.165) is 12.5 Å². The maximum atomic E-state index is 11.7. The van der Waals surface area contributed by atoms with Crippen molar-refractivity contribution in [3.8, 4) is 0 Å². The van der Waals surface area contributed by atoms with Gasteiger partial charge >= 0.3 is 0 Å². The summed E-state index contributed by atoms with van der Waals surface area (Å²) in [6.45, 7) is 7.72. The molecule has 24 heavy (non-hydrogen) atoms.